The van der Waals surface area contributed by atoms with Gasteiger partial charge in [-0.1, -0.05) is 30.3 Å². The average Bonchev–Trinajstić information content (AvgIpc) is 3.78. The lowest BCUT2D eigenvalue weighted by Crippen LogP contribution is -2.48. The molecule has 1 aromatic heterocycles. The summed E-state index contributed by atoms with van der Waals surface area (Å²) in [6, 6.07) is 14.4. The number of carbonyl (C=O) groups excluding carboxylic acids is 2. The molecule has 1 saturated heterocycles. The van der Waals surface area contributed by atoms with Crippen LogP contribution in [0.1, 0.15) is 30.1 Å². The van der Waals surface area contributed by atoms with Gasteiger partial charge in [-0.2, -0.15) is 5.10 Å². The largest absolute Gasteiger partial charge is 0.496 e. The molecule has 2 aromatic carbocycles. The fraction of sp³-hybridized carbons (Fsp3) is 0.344. The fourth-order valence-corrected chi connectivity index (χ4v) is 5.93. The van der Waals surface area contributed by atoms with E-state index >= 15 is 0 Å². The number of methoxy groups -OCH3 is 1. The topological polar surface area (TPSA) is 156 Å². The van der Waals surface area contributed by atoms with Gasteiger partial charge in [-0.25, -0.2) is 0 Å². The van der Waals surface area contributed by atoms with Crippen molar-refractivity contribution in [1.29, 1.82) is 0 Å². The summed E-state index contributed by atoms with van der Waals surface area (Å²) in [5.41, 5.74) is 18.8. The van der Waals surface area contributed by atoms with Gasteiger partial charge in [0.05, 0.1) is 48.7 Å². The highest BCUT2D eigenvalue weighted by Crippen LogP contribution is 2.44. The van der Waals surface area contributed by atoms with Crippen molar-refractivity contribution in [2.45, 2.75) is 32.0 Å². The van der Waals surface area contributed by atoms with E-state index in [2.05, 4.69) is 42.6 Å². The number of hydrogen-bond donors (Lipinski definition) is 5. The van der Waals surface area contributed by atoms with Gasteiger partial charge in [0.2, 0.25) is 5.91 Å². The Morgan fingerprint density at radius 2 is 1.86 bits per heavy atom. The quantitative estimate of drug-likeness (QED) is 0.175. The van der Waals surface area contributed by atoms with E-state index in [-0.39, 0.29) is 35.1 Å². The third kappa shape index (κ3) is 5.68. The van der Waals surface area contributed by atoms with E-state index in [0.29, 0.717) is 6.54 Å². The molecular formula is C32H39N9O3. The van der Waals surface area contributed by atoms with Gasteiger partial charge >= 0.3 is 0 Å². The van der Waals surface area contributed by atoms with Crippen LogP contribution in [-0.2, 0) is 22.7 Å². The molecule has 3 heterocycles. The Labute approximate surface area is 256 Å². The molecule has 1 saturated carbocycles. The highest BCUT2D eigenvalue weighted by atomic mass is 16.5. The van der Waals surface area contributed by atoms with Crippen LogP contribution in [0, 0.1) is 5.92 Å². The highest BCUT2D eigenvalue weighted by Gasteiger charge is 2.34. The van der Waals surface area contributed by atoms with Crippen molar-refractivity contribution >= 4 is 23.2 Å². The average molecular weight is 598 g/mol. The zero-order valence-electron chi connectivity index (χ0n) is 25.3. The smallest absolute Gasteiger partial charge is 0.269 e. The number of carbonyl (C=O) groups is 2. The first-order chi connectivity index (χ1) is 21.3. The third-order valence-corrected chi connectivity index (χ3v) is 8.41. The number of ether oxygens (including phenoxy) is 1. The molecule has 3 aromatic rings. The molecule has 3 aliphatic rings. The van der Waals surface area contributed by atoms with Gasteiger partial charge in [-0.3, -0.25) is 19.2 Å². The maximum Gasteiger partial charge on any atom is 0.269 e. The van der Waals surface area contributed by atoms with E-state index < -0.39 is 5.91 Å². The van der Waals surface area contributed by atoms with Crippen molar-refractivity contribution in [2.24, 2.45) is 17.4 Å². The van der Waals surface area contributed by atoms with Crippen LogP contribution >= 0.6 is 0 Å². The Kier molecular flexibility index (Phi) is 7.92. The molecule has 7 N–H and O–H groups in total. The van der Waals surface area contributed by atoms with E-state index in [0.717, 1.165) is 66.4 Å². The summed E-state index contributed by atoms with van der Waals surface area (Å²) in [5.74, 6) is 0.405. The van der Waals surface area contributed by atoms with Gasteiger partial charge in [0.25, 0.3) is 5.91 Å². The normalized spacial score (nSPS) is 17.2. The minimum absolute atomic E-state index is 0.0149. The molecule has 0 unspecified atom stereocenters. The van der Waals surface area contributed by atoms with Crippen molar-refractivity contribution in [2.75, 3.05) is 44.5 Å². The standard InChI is InChI=1S/C32H39N9O3/c1-35-32(43)29(34)25(13-28(33)38-31(42)19-11-12-19)37-24-9-6-8-22-23-14-36-41(26(23)18-39(2)30(22)24)21-16-40(17-21)15-20-7-4-5-10-27(20)44-3/h4-10,13-14,19,21,37H,11-12,15-18,33-34H2,1-3H3,(H,35,43)(H,38,42)/b28-13+,29-25+. The number of hydrogen-bond acceptors (Lipinski definition) is 9. The second-order valence-electron chi connectivity index (χ2n) is 11.6. The Bertz CT molecular complexity index is 1650. The number of anilines is 2. The maximum absolute atomic E-state index is 12.5. The first kappa shape index (κ1) is 29.1. The zero-order valence-corrected chi connectivity index (χ0v) is 25.3. The first-order valence-corrected chi connectivity index (χ1v) is 14.8. The molecule has 1 aliphatic carbocycles. The molecule has 0 bridgehead atoms. The number of nitrogens with two attached hydrogens (primary N) is 2. The van der Waals surface area contributed by atoms with Crippen LogP contribution in [0.4, 0.5) is 11.4 Å². The number of likely N-dealkylation sites (N-methyl/N-ethyl adjacent to an activating group) is 1. The minimum Gasteiger partial charge on any atom is -0.496 e. The molecule has 0 spiro atoms. The Morgan fingerprint density at radius 1 is 1.09 bits per heavy atom. The molecule has 2 amide bonds. The number of rotatable bonds is 10. The van der Waals surface area contributed by atoms with Crippen molar-refractivity contribution in [3.63, 3.8) is 0 Å². The predicted octanol–water partition coefficient (Wildman–Crippen LogP) is 2.22. The lowest BCUT2D eigenvalue weighted by molar-refractivity contribution is -0.121. The van der Waals surface area contributed by atoms with Gasteiger partial charge in [0, 0.05) is 62.4 Å². The zero-order chi connectivity index (χ0) is 31.0. The monoisotopic (exact) mass is 597 g/mol. The summed E-state index contributed by atoms with van der Waals surface area (Å²) in [5, 5.41) is 13.4. The van der Waals surface area contributed by atoms with E-state index in [1.807, 2.05) is 43.6 Å². The van der Waals surface area contributed by atoms with Crippen LogP contribution < -0.4 is 37.1 Å². The Hall–Kier alpha value is -4.97. The van der Waals surface area contributed by atoms with Crippen molar-refractivity contribution in [3.8, 4) is 16.9 Å². The third-order valence-electron chi connectivity index (χ3n) is 8.41. The summed E-state index contributed by atoms with van der Waals surface area (Å²) < 4.78 is 7.69. The molecular weight excluding hydrogens is 558 g/mol. The number of benzene rings is 2. The Morgan fingerprint density at radius 3 is 2.59 bits per heavy atom. The second-order valence-corrected chi connectivity index (χ2v) is 11.6. The van der Waals surface area contributed by atoms with Crippen LogP contribution in [-0.4, -0.2) is 60.8 Å². The summed E-state index contributed by atoms with van der Waals surface area (Å²) in [4.78, 5) is 29.4. The summed E-state index contributed by atoms with van der Waals surface area (Å²) in [6.45, 7) is 3.30. The van der Waals surface area contributed by atoms with Crippen LogP contribution in [0.25, 0.3) is 11.1 Å². The first-order valence-electron chi connectivity index (χ1n) is 14.8. The molecule has 2 fully saturated rings. The fourth-order valence-electron chi connectivity index (χ4n) is 5.93. The van der Waals surface area contributed by atoms with Gasteiger partial charge in [-0.15, -0.1) is 0 Å². The SMILES string of the molecule is CNC(=O)/C(N)=C(/C=C(\N)NC(=O)C1CC1)Nc1cccc2c1N(C)Cc1c-2cnn1C1CN(Cc2ccccc2OC)C1. The van der Waals surface area contributed by atoms with Crippen LogP contribution in [0.15, 0.2) is 72.0 Å². The molecule has 0 atom stereocenters. The lowest BCUT2D eigenvalue weighted by Gasteiger charge is -2.41. The van der Waals surface area contributed by atoms with Crippen molar-refractivity contribution in [1.82, 2.24) is 25.3 Å². The van der Waals surface area contributed by atoms with Crippen LogP contribution in [0.5, 0.6) is 5.75 Å². The summed E-state index contributed by atoms with van der Waals surface area (Å²) >= 11 is 0. The van der Waals surface area contributed by atoms with E-state index in [9.17, 15) is 9.59 Å². The maximum atomic E-state index is 12.5. The number of nitrogens with one attached hydrogen (secondary N) is 3. The second kappa shape index (κ2) is 12.0. The number of para-hydroxylation sites is 2. The summed E-state index contributed by atoms with van der Waals surface area (Å²) in [7, 11) is 5.25. The van der Waals surface area contributed by atoms with Crippen LogP contribution in [0.3, 0.4) is 0 Å². The molecule has 2 aliphatic heterocycles. The number of fused-ring (bicyclic) bond motifs is 3. The van der Waals surface area contributed by atoms with E-state index in [1.54, 1.807) is 7.11 Å². The molecule has 44 heavy (non-hydrogen) atoms. The van der Waals surface area contributed by atoms with Crippen molar-refractivity contribution in [3.05, 3.63) is 83.2 Å². The summed E-state index contributed by atoms with van der Waals surface area (Å²) in [6.07, 6.45) is 5.13. The molecule has 12 heteroatoms. The number of likely N-dealkylation sites (tertiary alicyclic amines) is 1. The molecule has 6 rings (SSSR count). The predicted molar refractivity (Wildman–Crippen MR) is 169 cm³/mol. The molecule has 12 nitrogen and oxygen atoms in total. The minimum atomic E-state index is -0.466. The molecule has 230 valence electrons. The number of amides is 2. The van der Waals surface area contributed by atoms with Crippen molar-refractivity contribution < 1.29 is 14.3 Å². The van der Waals surface area contributed by atoms with E-state index in [4.69, 9.17) is 21.3 Å². The number of allylic oxidation sites excluding steroid dienone is 1. The highest BCUT2D eigenvalue weighted by molar-refractivity contribution is 5.96. The van der Waals surface area contributed by atoms with Gasteiger partial charge in [-0.05, 0) is 25.0 Å². The number of nitrogens with zero attached hydrogens (tertiary/aromatic N) is 4. The lowest BCUT2D eigenvalue weighted by atomic mass is 9.97. The molecule has 0 radical (unpaired) electrons. The Balaban J connectivity index is 1.24. The van der Waals surface area contributed by atoms with Gasteiger partial charge in [0.1, 0.15) is 17.3 Å². The van der Waals surface area contributed by atoms with E-state index in [1.165, 1.54) is 18.7 Å². The van der Waals surface area contributed by atoms with Gasteiger partial charge in [0.15, 0.2) is 0 Å². The van der Waals surface area contributed by atoms with Gasteiger partial charge < -0.3 is 37.1 Å². The number of aromatic nitrogens is 2. The van der Waals surface area contributed by atoms with Crippen LogP contribution in [0.2, 0.25) is 0 Å².